The lowest BCUT2D eigenvalue weighted by molar-refractivity contribution is 0.938. The first kappa shape index (κ1) is 14.6. The predicted molar refractivity (Wildman–Crippen MR) is 97.5 cm³/mol. The van der Waals surface area contributed by atoms with Crippen LogP contribution in [0.1, 0.15) is 5.56 Å². The number of nitrogens with zero attached hydrogens (tertiary/aromatic N) is 3. The van der Waals surface area contributed by atoms with Gasteiger partial charge in [0.15, 0.2) is 5.82 Å². The predicted octanol–water partition coefficient (Wildman–Crippen LogP) is 3.15. The Morgan fingerprint density at radius 1 is 1.22 bits per heavy atom. The first-order chi connectivity index (χ1) is 11.2. The standard InChI is InChI=1S/C16H11N3OS3/c1-21-11-6-4-10(5-7-11)9-13-15(20)19-16(23-13)17-14(18-19)12-3-2-8-22-12/h2-9H,1H3/b13-9-. The fourth-order valence-electron chi connectivity index (χ4n) is 2.20. The minimum absolute atomic E-state index is 0.116. The van der Waals surface area contributed by atoms with Crippen LogP contribution in [0.2, 0.25) is 0 Å². The van der Waals surface area contributed by atoms with Crippen molar-refractivity contribution in [2.75, 3.05) is 6.26 Å². The SMILES string of the molecule is CSc1ccc(/C=c2\sc3nc(-c4cccs4)nn3c2=O)cc1. The molecule has 0 spiro atoms. The Labute approximate surface area is 144 Å². The van der Waals surface area contributed by atoms with Crippen LogP contribution in [0.4, 0.5) is 0 Å². The van der Waals surface area contributed by atoms with Crippen LogP contribution in [-0.2, 0) is 0 Å². The molecule has 4 aromatic rings. The van der Waals surface area contributed by atoms with Gasteiger partial charge in [0.1, 0.15) is 0 Å². The molecule has 0 fully saturated rings. The second kappa shape index (κ2) is 5.92. The number of thiazole rings is 1. The maximum absolute atomic E-state index is 12.5. The van der Waals surface area contributed by atoms with Gasteiger partial charge in [-0.3, -0.25) is 4.79 Å². The molecular weight excluding hydrogens is 346 g/mol. The second-order valence-corrected chi connectivity index (χ2v) is 7.63. The van der Waals surface area contributed by atoms with Crippen LogP contribution in [0.5, 0.6) is 0 Å². The minimum Gasteiger partial charge on any atom is -0.266 e. The zero-order valence-corrected chi connectivity index (χ0v) is 14.5. The summed E-state index contributed by atoms with van der Waals surface area (Å²) >= 11 is 4.63. The summed E-state index contributed by atoms with van der Waals surface area (Å²) in [6, 6.07) is 12.0. The minimum atomic E-state index is -0.116. The van der Waals surface area contributed by atoms with E-state index in [4.69, 9.17) is 0 Å². The topological polar surface area (TPSA) is 47.3 Å². The Morgan fingerprint density at radius 3 is 2.70 bits per heavy atom. The van der Waals surface area contributed by atoms with Crippen LogP contribution in [0.15, 0.2) is 51.5 Å². The van der Waals surface area contributed by atoms with E-state index in [1.807, 2.05) is 54.1 Å². The van der Waals surface area contributed by atoms with E-state index >= 15 is 0 Å². The van der Waals surface area contributed by atoms with Gasteiger partial charge in [-0.05, 0) is 41.5 Å². The maximum Gasteiger partial charge on any atom is 0.291 e. The van der Waals surface area contributed by atoms with Gasteiger partial charge in [0.25, 0.3) is 5.56 Å². The molecule has 0 aliphatic rings. The summed E-state index contributed by atoms with van der Waals surface area (Å²) in [5.74, 6) is 0.610. The number of fused-ring (bicyclic) bond motifs is 1. The van der Waals surface area contributed by atoms with E-state index in [-0.39, 0.29) is 5.56 Å². The maximum atomic E-state index is 12.5. The molecule has 0 bridgehead atoms. The van der Waals surface area contributed by atoms with Crippen LogP contribution in [-0.4, -0.2) is 20.9 Å². The van der Waals surface area contributed by atoms with Gasteiger partial charge in [-0.25, -0.2) is 0 Å². The highest BCUT2D eigenvalue weighted by molar-refractivity contribution is 7.98. The highest BCUT2D eigenvalue weighted by atomic mass is 32.2. The smallest absolute Gasteiger partial charge is 0.266 e. The molecule has 0 atom stereocenters. The van der Waals surface area contributed by atoms with E-state index < -0.39 is 0 Å². The van der Waals surface area contributed by atoms with Gasteiger partial charge in [0.05, 0.1) is 9.41 Å². The first-order valence-corrected chi connectivity index (χ1v) is 9.76. The summed E-state index contributed by atoms with van der Waals surface area (Å²) in [6.07, 6.45) is 3.93. The van der Waals surface area contributed by atoms with E-state index in [1.54, 1.807) is 23.1 Å². The molecule has 1 aromatic carbocycles. The van der Waals surface area contributed by atoms with Crippen LogP contribution in [0, 0.1) is 0 Å². The van der Waals surface area contributed by atoms with Crippen molar-refractivity contribution >= 4 is 45.5 Å². The molecule has 7 heteroatoms. The van der Waals surface area contributed by atoms with Gasteiger partial charge in [0, 0.05) is 4.90 Å². The van der Waals surface area contributed by atoms with E-state index in [0.29, 0.717) is 15.3 Å². The molecule has 0 radical (unpaired) electrons. The third-order valence-electron chi connectivity index (χ3n) is 3.34. The number of thiophene rings is 1. The Hall–Kier alpha value is -1.96. The largest absolute Gasteiger partial charge is 0.291 e. The van der Waals surface area contributed by atoms with Gasteiger partial charge in [0.2, 0.25) is 4.96 Å². The zero-order chi connectivity index (χ0) is 15.8. The van der Waals surface area contributed by atoms with E-state index in [0.717, 1.165) is 10.4 Å². The van der Waals surface area contributed by atoms with Crippen molar-refractivity contribution in [1.29, 1.82) is 0 Å². The van der Waals surface area contributed by atoms with Crippen LogP contribution in [0.25, 0.3) is 21.7 Å². The number of rotatable bonds is 3. The molecule has 23 heavy (non-hydrogen) atoms. The molecule has 4 rings (SSSR count). The monoisotopic (exact) mass is 357 g/mol. The van der Waals surface area contributed by atoms with Gasteiger partial charge in [-0.15, -0.1) is 28.2 Å². The number of hydrogen-bond acceptors (Lipinski definition) is 6. The summed E-state index contributed by atoms with van der Waals surface area (Å²) in [7, 11) is 0. The lowest BCUT2D eigenvalue weighted by Crippen LogP contribution is -2.23. The second-order valence-electron chi connectivity index (χ2n) is 4.80. The van der Waals surface area contributed by atoms with Crippen molar-refractivity contribution in [2.24, 2.45) is 0 Å². The Bertz CT molecular complexity index is 1060. The van der Waals surface area contributed by atoms with Crippen molar-refractivity contribution in [1.82, 2.24) is 14.6 Å². The summed E-state index contributed by atoms with van der Waals surface area (Å²) in [5.41, 5.74) is 0.886. The lowest BCUT2D eigenvalue weighted by atomic mass is 10.2. The fourth-order valence-corrected chi connectivity index (χ4v) is 4.16. The van der Waals surface area contributed by atoms with E-state index in [2.05, 4.69) is 10.1 Å². The van der Waals surface area contributed by atoms with Crippen LogP contribution < -0.4 is 10.1 Å². The molecule has 114 valence electrons. The summed E-state index contributed by atoms with van der Waals surface area (Å²) in [5, 5.41) is 6.31. The highest BCUT2D eigenvalue weighted by Crippen LogP contribution is 2.21. The van der Waals surface area contributed by atoms with Gasteiger partial charge >= 0.3 is 0 Å². The van der Waals surface area contributed by atoms with Crippen LogP contribution >= 0.6 is 34.4 Å². The Kier molecular flexibility index (Phi) is 3.76. The third kappa shape index (κ3) is 2.71. The Balaban J connectivity index is 1.79. The van der Waals surface area contributed by atoms with Crippen molar-refractivity contribution in [3.63, 3.8) is 0 Å². The average molecular weight is 357 g/mol. The highest BCUT2D eigenvalue weighted by Gasteiger charge is 2.12. The Morgan fingerprint density at radius 2 is 2.04 bits per heavy atom. The number of thioether (sulfide) groups is 1. The summed E-state index contributed by atoms with van der Waals surface area (Å²) in [6.45, 7) is 0. The molecule has 0 amide bonds. The van der Waals surface area contributed by atoms with E-state index in [9.17, 15) is 4.79 Å². The molecule has 0 aliphatic heterocycles. The number of hydrogen-bond donors (Lipinski definition) is 0. The molecule has 0 N–H and O–H groups in total. The molecule has 0 saturated carbocycles. The molecule has 0 saturated heterocycles. The molecule has 3 aromatic heterocycles. The van der Waals surface area contributed by atoms with Gasteiger partial charge in [-0.2, -0.15) is 9.50 Å². The number of aromatic nitrogens is 3. The summed E-state index contributed by atoms with van der Waals surface area (Å²) in [4.78, 5) is 19.7. The molecule has 0 aliphatic carbocycles. The number of benzene rings is 1. The van der Waals surface area contributed by atoms with Crippen LogP contribution in [0.3, 0.4) is 0 Å². The van der Waals surface area contributed by atoms with Gasteiger partial charge in [-0.1, -0.05) is 29.5 Å². The van der Waals surface area contributed by atoms with Crippen molar-refractivity contribution in [3.8, 4) is 10.7 Å². The van der Waals surface area contributed by atoms with E-state index in [1.165, 1.54) is 20.7 Å². The van der Waals surface area contributed by atoms with Gasteiger partial charge < -0.3 is 0 Å². The first-order valence-electron chi connectivity index (χ1n) is 6.84. The summed E-state index contributed by atoms with van der Waals surface area (Å²) < 4.78 is 2.04. The van der Waals surface area contributed by atoms with Crippen molar-refractivity contribution < 1.29 is 0 Å². The van der Waals surface area contributed by atoms with Crippen molar-refractivity contribution in [2.45, 2.75) is 4.90 Å². The lowest BCUT2D eigenvalue weighted by Gasteiger charge is -1.95. The molecule has 4 nitrogen and oxygen atoms in total. The van der Waals surface area contributed by atoms with Crippen molar-refractivity contribution in [3.05, 3.63) is 62.2 Å². The normalized spacial score (nSPS) is 12.3. The fraction of sp³-hybridized carbons (Fsp3) is 0.0625. The third-order valence-corrected chi connectivity index (χ3v) is 5.91. The zero-order valence-electron chi connectivity index (χ0n) is 12.1. The molecule has 0 unspecified atom stereocenters. The quantitative estimate of drug-likeness (QED) is 0.529. The molecular formula is C16H11N3OS3. The average Bonchev–Trinajstić information content (AvgIpc) is 3.27. The molecule has 3 heterocycles.